The molecule has 0 saturated carbocycles. The number of hydrogen-bond acceptors (Lipinski definition) is 4. The van der Waals surface area contributed by atoms with Gasteiger partial charge in [-0.3, -0.25) is 4.90 Å². The molecular formula is C16H26N2O2S. The van der Waals surface area contributed by atoms with Crippen LogP contribution in [0.3, 0.4) is 0 Å². The number of sulfone groups is 1. The van der Waals surface area contributed by atoms with Crippen molar-refractivity contribution in [1.29, 1.82) is 0 Å². The van der Waals surface area contributed by atoms with Gasteiger partial charge in [-0.25, -0.2) is 8.42 Å². The summed E-state index contributed by atoms with van der Waals surface area (Å²) in [5, 5.41) is 3.36. The van der Waals surface area contributed by atoms with Gasteiger partial charge in [-0.15, -0.1) is 0 Å². The summed E-state index contributed by atoms with van der Waals surface area (Å²) in [5.41, 5.74) is 2.09. The molecule has 1 fully saturated rings. The number of rotatable bonds is 4. The highest BCUT2D eigenvalue weighted by Gasteiger charge is 2.32. The van der Waals surface area contributed by atoms with E-state index in [9.17, 15) is 8.42 Å². The summed E-state index contributed by atoms with van der Waals surface area (Å²) in [4.78, 5) is 2.45. The molecule has 118 valence electrons. The summed E-state index contributed by atoms with van der Waals surface area (Å²) in [6.07, 6.45) is 1.30. The molecule has 1 N–H and O–H groups in total. The Kier molecular flexibility index (Phi) is 4.76. The lowest BCUT2D eigenvalue weighted by atomic mass is 9.98. The molecule has 1 heterocycles. The predicted octanol–water partition coefficient (Wildman–Crippen LogP) is 1.93. The van der Waals surface area contributed by atoms with Crippen LogP contribution < -0.4 is 5.32 Å². The maximum atomic E-state index is 11.9. The molecule has 0 bridgehead atoms. The van der Waals surface area contributed by atoms with Crippen molar-refractivity contribution < 1.29 is 8.42 Å². The van der Waals surface area contributed by atoms with Crippen LogP contribution in [0.5, 0.6) is 0 Å². The van der Waals surface area contributed by atoms with Gasteiger partial charge in [-0.2, -0.15) is 0 Å². The monoisotopic (exact) mass is 310 g/mol. The Balaban J connectivity index is 2.19. The average Bonchev–Trinajstić information content (AvgIpc) is 2.46. The highest BCUT2D eigenvalue weighted by atomic mass is 32.2. The second-order valence-corrected chi connectivity index (χ2v) is 8.93. The van der Waals surface area contributed by atoms with E-state index in [2.05, 4.69) is 29.3 Å². The van der Waals surface area contributed by atoms with Crippen LogP contribution in [0.25, 0.3) is 0 Å². The zero-order chi connectivity index (χ0) is 15.7. The molecule has 0 aromatic heterocycles. The third kappa shape index (κ3) is 3.47. The lowest BCUT2D eigenvalue weighted by Crippen LogP contribution is -2.44. The largest absolute Gasteiger partial charge is 0.314 e. The zero-order valence-corrected chi connectivity index (χ0v) is 14.2. The van der Waals surface area contributed by atoms with Crippen molar-refractivity contribution in [2.24, 2.45) is 0 Å². The Morgan fingerprint density at radius 3 is 2.14 bits per heavy atom. The van der Waals surface area contributed by atoms with Gasteiger partial charge in [-0.1, -0.05) is 24.3 Å². The van der Waals surface area contributed by atoms with Gasteiger partial charge in [0.15, 0.2) is 9.84 Å². The van der Waals surface area contributed by atoms with E-state index in [1.807, 2.05) is 12.1 Å². The van der Waals surface area contributed by atoms with Crippen LogP contribution in [-0.4, -0.2) is 45.8 Å². The quantitative estimate of drug-likeness (QED) is 0.923. The first-order chi connectivity index (χ1) is 9.73. The molecule has 1 aliphatic rings. The molecule has 5 heteroatoms. The summed E-state index contributed by atoms with van der Waals surface area (Å²) < 4.78 is 23.0. The van der Waals surface area contributed by atoms with Gasteiger partial charge in [0.1, 0.15) is 0 Å². The molecule has 0 radical (unpaired) electrons. The van der Waals surface area contributed by atoms with Crippen molar-refractivity contribution in [3.63, 3.8) is 0 Å². The minimum absolute atomic E-state index is 0.363. The van der Waals surface area contributed by atoms with E-state index in [-0.39, 0.29) is 0 Å². The first-order valence-electron chi connectivity index (χ1n) is 7.48. The first-order valence-corrected chi connectivity index (χ1v) is 9.37. The summed E-state index contributed by atoms with van der Waals surface area (Å²) in [6, 6.07) is 8.40. The minimum atomic E-state index is -3.13. The average molecular weight is 310 g/mol. The summed E-state index contributed by atoms with van der Waals surface area (Å²) in [6.45, 7) is 9.90. The second kappa shape index (κ2) is 6.07. The van der Waals surface area contributed by atoms with Gasteiger partial charge >= 0.3 is 0 Å². The molecule has 1 unspecified atom stereocenters. The number of hydrogen-bond donors (Lipinski definition) is 1. The molecule has 1 saturated heterocycles. The maximum Gasteiger partial charge on any atom is 0.156 e. The van der Waals surface area contributed by atoms with Crippen LogP contribution in [-0.2, 0) is 14.6 Å². The van der Waals surface area contributed by atoms with Crippen LogP contribution in [0, 0.1) is 0 Å². The number of nitrogens with one attached hydrogen (secondary N) is 1. The maximum absolute atomic E-state index is 11.9. The van der Waals surface area contributed by atoms with Crippen LogP contribution in [0.4, 0.5) is 0 Å². The van der Waals surface area contributed by atoms with Gasteiger partial charge in [0.2, 0.25) is 0 Å². The third-order valence-corrected chi connectivity index (χ3v) is 6.80. The van der Waals surface area contributed by atoms with E-state index in [1.54, 1.807) is 13.8 Å². The zero-order valence-electron chi connectivity index (χ0n) is 13.4. The SMILES string of the molecule is CC(c1ccc(C(C)(C)S(C)(=O)=O)cc1)N1CCNCC1. The van der Waals surface area contributed by atoms with Gasteiger partial charge in [0.25, 0.3) is 0 Å². The van der Waals surface area contributed by atoms with Crippen molar-refractivity contribution in [3.05, 3.63) is 35.4 Å². The molecule has 0 amide bonds. The highest BCUT2D eigenvalue weighted by Crippen LogP contribution is 2.30. The Hall–Kier alpha value is -0.910. The summed E-state index contributed by atoms with van der Waals surface area (Å²) in [5.74, 6) is 0. The smallest absolute Gasteiger partial charge is 0.156 e. The molecule has 1 aromatic rings. The number of nitrogens with zero attached hydrogens (tertiary/aromatic N) is 1. The van der Waals surface area contributed by atoms with Crippen LogP contribution >= 0.6 is 0 Å². The lowest BCUT2D eigenvalue weighted by Gasteiger charge is -2.33. The van der Waals surface area contributed by atoms with Gasteiger partial charge in [0, 0.05) is 38.5 Å². The number of piperazine rings is 1. The molecule has 2 rings (SSSR count). The Morgan fingerprint density at radius 2 is 1.67 bits per heavy atom. The molecule has 1 atom stereocenters. The fourth-order valence-corrected chi connectivity index (χ4v) is 3.22. The molecule has 1 aromatic carbocycles. The fourth-order valence-electron chi connectivity index (χ4n) is 2.66. The van der Waals surface area contributed by atoms with E-state index in [1.165, 1.54) is 11.8 Å². The molecule has 1 aliphatic heterocycles. The standard InChI is InChI=1S/C16H26N2O2S/c1-13(18-11-9-17-10-12-18)14-5-7-15(8-6-14)16(2,3)21(4,19)20/h5-8,13,17H,9-12H2,1-4H3. The topological polar surface area (TPSA) is 49.4 Å². The van der Waals surface area contributed by atoms with Gasteiger partial charge in [0.05, 0.1) is 4.75 Å². The molecular weight excluding hydrogens is 284 g/mol. The van der Waals surface area contributed by atoms with E-state index >= 15 is 0 Å². The van der Waals surface area contributed by atoms with Crippen molar-refractivity contribution in [2.75, 3.05) is 32.4 Å². The highest BCUT2D eigenvalue weighted by molar-refractivity contribution is 7.91. The Morgan fingerprint density at radius 1 is 1.14 bits per heavy atom. The molecule has 0 spiro atoms. The first kappa shape index (κ1) is 16.5. The molecule has 4 nitrogen and oxygen atoms in total. The fraction of sp³-hybridized carbons (Fsp3) is 0.625. The van der Waals surface area contributed by atoms with Gasteiger partial charge < -0.3 is 5.32 Å². The number of benzene rings is 1. The Labute approximate surface area is 128 Å². The molecule has 0 aliphatic carbocycles. The van der Waals surface area contributed by atoms with Crippen molar-refractivity contribution in [2.45, 2.75) is 31.6 Å². The Bertz CT molecular complexity index is 573. The second-order valence-electron chi connectivity index (χ2n) is 6.37. The van der Waals surface area contributed by atoms with Crippen molar-refractivity contribution in [1.82, 2.24) is 10.2 Å². The molecule has 21 heavy (non-hydrogen) atoms. The summed E-state index contributed by atoms with van der Waals surface area (Å²) in [7, 11) is -3.13. The van der Waals surface area contributed by atoms with Gasteiger partial charge in [-0.05, 0) is 31.9 Å². The normalized spacial score (nSPS) is 19.4. The summed E-state index contributed by atoms with van der Waals surface area (Å²) >= 11 is 0. The minimum Gasteiger partial charge on any atom is -0.314 e. The van der Waals surface area contributed by atoms with Crippen LogP contribution in [0.15, 0.2) is 24.3 Å². The van der Waals surface area contributed by atoms with Crippen molar-refractivity contribution in [3.8, 4) is 0 Å². The predicted molar refractivity (Wildman–Crippen MR) is 87.2 cm³/mol. The van der Waals surface area contributed by atoms with E-state index in [0.717, 1.165) is 31.7 Å². The van der Waals surface area contributed by atoms with Crippen molar-refractivity contribution >= 4 is 9.84 Å². The van der Waals surface area contributed by atoms with E-state index in [4.69, 9.17) is 0 Å². The van der Waals surface area contributed by atoms with Crippen LogP contribution in [0.2, 0.25) is 0 Å². The van der Waals surface area contributed by atoms with E-state index in [0.29, 0.717) is 6.04 Å². The van der Waals surface area contributed by atoms with E-state index < -0.39 is 14.6 Å². The lowest BCUT2D eigenvalue weighted by molar-refractivity contribution is 0.185. The third-order valence-electron chi connectivity index (χ3n) is 4.71. The van der Waals surface area contributed by atoms with Crippen LogP contribution in [0.1, 0.15) is 37.9 Å².